The van der Waals surface area contributed by atoms with Gasteiger partial charge in [-0.15, -0.1) is 0 Å². The zero-order valence-electron chi connectivity index (χ0n) is 8.91. The van der Waals surface area contributed by atoms with Crippen LogP contribution >= 0.6 is 0 Å². The molecule has 0 aliphatic heterocycles. The molecule has 0 saturated carbocycles. The van der Waals surface area contributed by atoms with Crippen molar-refractivity contribution >= 4 is 2.58 Å². The molecule has 0 aliphatic carbocycles. The molecule has 0 nitrogen and oxygen atoms in total. The summed E-state index contributed by atoms with van der Waals surface area (Å²) in [5.41, 5.74) is 0. The van der Waals surface area contributed by atoms with Crippen molar-refractivity contribution in [3.8, 4) is 0 Å². The van der Waals surface area contributed by atoms with E-state index in [-0.39, 0.29) is 0 Å². The molecular weight excluding hydrogens is 277 g/mol. The molecule has 66 valence electrons. The predicted octanol–water partition coefficient (Wildman–Crippen LogP) is 4.10. The van der Waals surface area contributed by atoms with E-state index in [1.807, 2.05) is 0 Å². The summed E-state index contributed by atoms with van der Waals surface area (Å²) in [4.78, 5) is 0. The van der Waals surface area contributed by atoms with Gasteiger partial charge in [0.1, 0.15) is 0 Å². The van der Waals surface area contributed by atoms with Crippen LogP contribution in [0.15, 0.2) is 0 Å². The summed E-state index contributed by atoms with van der Waals surface area (Å²) in [6.45, 7) is 9.79. The Morgan fingerprint density at radius 1 is 0.909 bits per heavy atom. The fourth-order valence-electron chi connectivity index (χ4n) is 2.23. The van der Waals surface area contributed by atoms with Crippen LogP contribution in [0.1, 0.15) is 27.7 Å². The SMILES string of the molecule is C[CH2][Pr]([CH3])[Si](CC)(CC)CC. The first-order chi connectivity index (χ1) is 5.16. The van der Waals surface area contributed by atoms with E-state index in [1.54, 1.807) is 20.1 Å². The van der Waals surface area contributed by atoms with Gasteiger partial charge in [0.15, 0.2) is 0 Å². The maximum atomic E-state index is 2.68. The van der Waals surface area contributed by atoms with Gasteiger partial charge in [-0.25, -0.2) is 0 Å². The average Bonchev–Trinajstić information content (AvgIpc) is 2.08. The third-order valence-corrected chi connectivity index (χ3v) is 49.0. The van der Waals surface area contributed by atoms with Crippen LogP contribution in [0.3, 0.4) is 0 Å². The van der Waals surface area contributed by atoms with E-state index in [0.717, 1.165) is 0 Å². The Morgan fingerprint density at radius 2 is 1.27 bits per heavy atom. The topological polar surface area (TPSA) is 0 Å². The fraction of sp³-hybridized carbons (Fsp3) is 1.00. The van der Waals surface area contributed by atoms with Gasteiger partial charge in [-0.1, -0.05) is 0 Å². The van der Waals surface area contributed by atoms with Gasteiger partial charge in [0.05, 0.1) is 0 Å². The molecule has 0 bridgehead atoms. The van der Waals surface area contributed by atoms with Crippen LogP contribution in [-0.4, -0.2) is 2.58 Å². The summed E-state index contributed by atoms with van der Waals surface area (Å²) in [6, 6.07) is 4.74. The Hall–Kier alpha value is 1.58. The summed E-state index contributed by atoms with van der Waals surface area (Å²) in [7, 11) is 0. The van der Waals surface area contributed by atoms with E-state index in [4.69, 9.17) is 0 Å². The zero-order valence-corrected chi connectivity index (χ0v) is 13.6. The summed E-state index contributed by atoms with van der Waals surface area (Å²) in [5, 5.41) is 0. The van der Waals surface area contributed by atoms with Crippen molar-refractivity contribution in [1.29, 1.82) is 0 Å². The molecule has 0 N–H and O–H groups in total. The van der Waals surface area contributed by atoms with E-state index in [9.17, 15) is 0 Å². The zero-order chi connectivity index (χ0) is 8.91. The van der Waals surface area contributed by atoms with Gasteiger partial charge < -0.3 is 0 Å². The van der Waals surface area contributed by atoms with Crippen molar-refractivity contribution in [2.24, 2.45) is 0 Å². The first-order valence-electron chi connectivity index (χ1n) is 5.16. The minimum atomic E-state index is -1.09. The Kier molecular flexibility index (Phi) is 6.97. The molecule has 0 radical (unpaired) electrons. The molecular formula is C9H23PrSi. The molecule has 0 saturated heterocycles. The van der Waals surface area contributed by atoms with Gasteiger partial charge >= 0.3 is 86.9 Å². The predicted molar refractivity (Wildman–Crippen MR) is 53.5 cm³/mol. The Bertz CT molecular complexity index is 91.5. The standard InChI is InChI=1S/C6H15Si.C2H5.CH3.Pr/c1-4-7(5-2)6-3;1-2;;/h4-6H2,1-3H3;1H2,2H3;1H3;. The van der Waals surface area contributed by atoms with Crippen LogP contribution in [0.25, 0.3) is 0 Å². The second kappa shape index (κ2) is 6.10. The molecule has 0 atom stereocenters. The van der Waals surface area contributed by atoms with Crippen molar-refractivity contribution in [3.63, 3.8) is 0 Å². The quantitative estimate of drug-likeness (QED) is 0.671. The summed E-state index contributed by atoms with van der Waals surface area (Å²) < 4.78 is 3.70. The summed E-state index contributed by atoms with van der Waals surface area (Å²) >= 11 is -1.09. The Labute approximate surface area is 85.7 Å². The monoisotopic (exact) mass is 300 g/mol. The Morgan fingerprint density at radius 3 is 1.36 bits per heavy atom. The summed E-state index contributed by atoms with van der Waals surface area (Å²) in [5.74, 6) is 0. The first-order valence-corrected chi connectivity index (χ1v) is 19.7. The number of hydrogen-bond donors (Lipinski definition) is 0. The molecule has 0 fully saturated rings. The van der Waals surface area contributed by atoms with Crippen molar-refractivity contribution in [2.75, 3.05) is 0 Å². The molecule has 0 rings (SSSR count). The van der Waals surface area contributed by atoms with E-state index >= 15 is 0 Å². The number of hydrogen-bond acceptors (Lipinski definition) is 0. The van der Waals surface area contributed by atoms with Crippen molar-refractivity contribution in [2.45, 2.75) is 50.3 Å². The van der Waals surface area contributed by atoms with Crippen LogP contribution < -0.4 is 0 Å². The molecule has 0 spiro atoms. The molecule has 0 heterocycles. The normalized spacial score (nSPS) is 11.7. The van der Waals surface area contributed by atoms with Gasteiger partial charge in [-0.3, -0.25) is 0 Å². The summed E-state index contributed by atoms with van der Waals surface area (Å²) in [6.07, 6.45) is 0. The van der Waals surface area contributed by atoms with E-state index in [0.29, 0.717) is 0 Å². The molecule has 0 aromatic rings. The van der Waals surface area contributed by atoms with Crippen LogP contribution in [0, 0.1) is 33.9 Å². The van der Waals surface area contributed by atoms with Crippen LogP contribution in [0.2, 0.25) is 22.6 Å². The maximum absolute atomic E-state index is 2.68. The molecule has 0 unspecified atom stereocenters. The molecule has 2 heteroatoms. The fourth-order valence-corrected chi connectivity index (χ4v) is 35.1. The molecule has 0 aromatic carbocycles. The third-order valence-electron chi connectivity index (χ3n) is 3.77. The van der Waals surface area contributed by atoms with Crippen LogP contribution in [0.4, 0.5) is 0 Å². The second-order valence-corrected chi connectivity index (χ2v) is 36.1. The van der Waals surface area contributed by atoms with Gasteiger partial charge in [-0.05, 0) is 0 Å². The van der Waals surface area contributed by atoms with Gasteiger partial charge in [-0.2, -0.15) is 0 Å². The first kappa shape index (κ1) is 12.6. The molecule has 0 amide bonds. The second-order valence-electron chi connectivity index (χ2n) is 3.73. The van der Waals surface area contributed by atoms with Crippen molar-refractivity contribution in [3.05, 3.63) is 0 Å². The average molecular weight is 300 g/mol. The van der Waals surface area contributed by atoms with Crippen molar-refractivity contribution in [1.82, 2.24) is 0 Å². The minimum absolute atomic E-state index is 0.599. The van der Waals surface area contributed by atoms with Crippen molar-refractivity contribution < 1.29 is 33.9 Å². The molecule has 0 aromatic heterocycles. The van der Waals surface area contributed by atoms with Crippen LogP contribution in [-0.2, 0) is 0 Å². The molecule has 0 aliphatic rings. The Balaban J connectivity index is 4.26. The van der Waals surface area contributed by atoms with Gasteiger partial charge in [0.25, 0.3) is 0 Å². The molecule has 11 heavy (non-hydrogen) atoms. The van der Waals surface area contributed by atoms with E-state index < -0.39 is 36.5 Å². The van der Waals surface area contributed by atoms with Crippen LogP contribution in [0.5, 0.6) is 0 Å². The van der Waals surface area contributed by atoms with Gasteiger partial charge in [0, 0.05) is 0 Å². The van der Waals surface area contributed by atoms with Gasteiger partial charge in [0.2, 0.25) is 0 Å². The van der Waals surface area contributed by atoms with E-state index in [2.05, 4.69) is 30.2 Å². The van der Waals surface area contributed by atoms with E-state index in [1.165, 1.54) is 0 Å². The third kappa shape index (κ3) is 3.08. The number of rotatable bonds is 5.